The lowest BCUT2D eigenvalue weighted by atomic mass is 10.00. The number of benzene rings is 1. The zero-order valence-corrected chi connectivity index (χ0v) is 12.8. The summed E-state index contributed by atoms with van der Waals surface area (Å²) in [5.41, 5.74) is 11.4. The van der Waals surface area contributed by atoms with E-state index in [4.69, 9.17) is 11.5 Å². The highest BCUT2D eigenvalue weighted by molar-refractivity contribution is 7.89. The molecule has 6 nitrogen and oxygen atoms in total. The Bertz CT molecular complexity index is 611. The minimum atomic E-state index is -3.60. The van der Waals surface area contributed by atoms with Crippen LogP contribution in [0.25, 0.3) is 0 Å². The van der Waals surface area contributed by atoms with E-state index in [2.05, 4.69) is 0 Å². The number of primary amides is 1. The molecule has 1 aliphatic heterocycles. The van der Waals surface area contributed by atoms with Crippen LogP contribution in [0.2, 0.25) is 0 Å². The molecular formula is C14H21N3O3S. The topological polar surface area (TPSA) is 106 Å². The first-order valence-electron chi connectivity index (χ1n) is 7.01. The molecule has 1 aliphatic rings. The van der Waals surface area contributed by atoms with Crippen LogP contribution in [-0.4, -0.2) is 37.3 Å². The number of rotatable bonds is 4. The summed E-state index contributed by atoms with van der Waals surface area (Å²) in [7, 11) is -3.60. The van der Waals surface area contributed by atoms with Gasteiger partial charge in [-0.15, -0.1) is 0 Å². The fourth-order valence-electron chi connectivity index (χ4n) is 2.68. The van der Waals surface area contributed by atoms with Gasteiger partial charge < -0.3 is 11.5 Å². The summed E-state index contributed by atoms with van der Waals surface area (Å²) in [6, 6.07) is 5.30. The van der Waals surface area contributed by atoms with Gasteiger partial charge in [0.25, 0.3) is 0 Å². The molecule has 0 aliphatic carbocycles. The first kappa shape index (κ1) is 15.9. The normalized spacial score (nSPS) is 21.9. The van der Waals surface area contributed by atoms with Crippen molar-refractivity contribution in [2.45, 2.75) is 43.2 Å². The van der Waals surface area contributed by atoms with E-state index in [-0.39, 0.29) is 22.5 Å². The van der Waals surface area contributed by atoms with Crippen molar-refractivity contribution in [3.63, 3.8) is 0 Å². The van der Waals surface area contributed by atoms with Gasteiger partial charge in [0.05, 0.1) is 4.90 Å². The molecule has 0 saturated carbocycles. The molecule has 7 heteroatoms. The second kappa shape index (κ2) is 6.13. The van der Waals surface area contributed by atoms with Crippen LogP contribution in [0.3, 0.4) is 0 Å². The maximum Gasteiger partial charge on any atom is 0.248 e. The quantitative estimate of drug-likeness (QED) is 0.852. The van der Waals surface area contributed by atoms with Crippen LogP contribution < -0.4 is 11.5 Å². The number of carbonyl (C=O) groups excluding carboxylic acids is 1. The molecule has 1 fully saturated rings. The molecule has 0 radical (unpaired) electrons. The lowest BCUT2D eigenvalue weighted by molar-refractivity contribution is 0.1000. The first-order valence-corrected chi connectivity index (χ1v) is 8.45. The molecule has 1 saturated heterocycles. The number of piperidine rings is 1. The Morgan fingerprint density at radius 3 is 2.43 bits per heavy atom. The highest BCUT2D eigenvalue weighted by Crippen LogP contribution is 2.26. The van der Waals surface area contributed by atoms with Crippen LogP contribution in [0, 0.1) is 0 Å². The van der Waals surface area contributed by atoms with Crippen molar-refractivity contribution in [2.24, 2.45) is 11.5 Å². The number of nitrogens with zero attached hydrogens (tertiary/aromatic N) is 1. The monoisotopic (exact) mass is 311 g/mol. The largest absolute Gasteiger partial charge is 0.366 e. The first-order chi connectivity index (χ1) is 9.84. The summed E-state index contributed by atoms with van der Waals surface area (Å²) in [6.45, 7) is 2.31. The number of hydrogen-bond acceptors (Lipinski definition) is 4. The van der Waals surface area contributed by atoms with Crippen LogP contribution in [0.15, 0.2) is 29.2 Å². The van der Waals surface area contributed by atoms with Crippen molar-refractivity contribution in [3.05, 3.63) is 29.8 Å². The zero-order chi connectivity index (χ0) is 15.6. The maximum atomic E-state index is 12.7. The maximum absolute atomic E-state index is 12.7. The molecule has 0 aromatic heterocycles. The fourth-order valence-corrected chi connectivity index (χ4v) is 4.46. The molecule has 1 heterocycles. The highest BCUT2D eigenvalue weighted by Gasteiger charge is 2.35. The van der Waals surface area contributed by atoms with Crippen molar-refractivity contribution in [3.8, 4) is 0 Å². The molecule has 2 atom stereocenters. The average Bonchev–Trinajstić information content (AvgIpc) is 2.47. The molecule has 1 aromatic carbocycles. The van der Waals surface area contributed by atoms with Crippen LogP contribution in [0.1, 0.15) is 36.5 Å². The Morgan fingerprint density at radius 2 is 1.90 bits per heavy atom. The van der Waals surface area contributed by atoms with Gasteiger partial charge in [-0.05, 0) is 44.0 Å². The molecule has 2 rings (SSSR count). The van der Waals surface area contributed by atoms with Crippen LogP contribution in [0.5, 0.6) is 0 Å². The summed E-state index contributed by atoms with van der Waals surface area (Å²) in [5.74, 6) is -0.578. The van der Waals surface area contributed by atoms with E-state index in [0.717, 1.165) is 19.3 Å². The summed E-state index contributed by atoms with van der Waals surface area (Å²) >= 11 is 0. The Balaban J connectivity index is 2.33. The summed E-state index contributed by atoms with van der Waals surface area (Å²) in [5, 5.41) is 0. The standard InChI is InChI=1S/C14H21N3O3S/c1-10(15)13-4-2-3-9-17(13)21(19,20)12-7-5-11(6-8-12)14(16)18/h5-8,10,13H,2-4,9,15H2,1H3,(H2,16,18)/t10-,13+/m1/s1. The Labute approximate surface area is 125 Å². The fraction of sp³-hybridized carbons (Fsp3) is 0.500. The van der Waals surface area contributed by atoms with Crippen molar-refractivity contribution in [1.29, 1.82) is 0 Å². The van der Waals surface area contributed by atoms with Gasteiger partial charge in [0.2, 0.25) is 15.9 Å². The predicted molar refractivity (Wildman–Crippen MR) is 80.1 cm³/mol. The van der Waals surface area contributed by atoms with Crippen molar-refractivity contribution < 1.29 is 13.2 Å². The van der Waals surface area contributed by atoms with E-state index in [1.807, 2.05) is 6.92 Å². The smallest absolute Gasteiger partial charge is 0.248 e. The third kappa shape index (κ3) is 3.25. The van der Waals surface area contributed by atoms with Crippen molar-refractivity contribution in [2.75, 3.05) is 6.54 Å². The van der Waals surface area contributed by atoms with Gasteiger partial charge in [-0.2, -0.15) is 4.31 Å². The van der Waals surface area contributed by atoms with E-state index >= 15 is 0 Å². The van der Waals surface area contributed by atoms with E-state index in [9.17, 15) is 13.2 Å². The van der Waals surface area contributed by atoms with Crippen molar-refractivity contribution in [1.82, 2.24) is 4.31 Å². The molecule has 116 valence electrons. The third-order valence-electron chi connectivity index (χ3n) is 3.85. The number of hydrogen-bond donors (Lipinski definition) is 2. The third-order valence-corrected chi connectivity index (χ3v) is 5.79. The van der Waals surface area contributed by atoms with E-state index in [1.54, 1.807) is 0 Å². The molecule has 1 aromatic rings. The van der Waals surface area contributed by atoms with Gasteiger partial charge in [0.1, 0.15) is 0 Å². The van der Waals surface area contributed by atoms with Gasteiger partial charge in [-0.25, -0.2) is 8.42 Å². The van der Waals surface area contributed by atoms with Gasteiger partial charge in [0.15, 0.2) is 0 Å². The highest BCUT2D eigenvalue weighted by atomic mass is 32.2. The Morgan fingerprint density at radius 1 is 1.29 bits per heavy atom. The Hall–Kier alpha value is -1.44. The molecular weight excluding hydrogens is 290 g/mol. The van der Waals surface area contributed by atoms with Crippen LogP contribution >= 0.6 is 0 Å². The second-order valence-electron chi connectivity index (χ2n) is 5.43. The minimum absolute atomic E-state index is 0.167. The van der Waals surface area contributed by atoms with Gasteiger partial charge in [-0.1, -0.05) is 6.42 Å². The number of nitrogens with two attached hydrogens (primary N) is 2. The Kier molecular flexibility index (Phi) is 4.65. The number of amides is 1. The number of carbonyl (C=O) groups is 1. The predicted octanol–water partition coefficient (Wildman–Crippen LogP) is 0.676. The van der Waals surface area contributed by atoms with E-state index < -0.39 is 15.9 Å². The molecule has 1 amide bonds. The molecule has 0 bridgehead atoms. The lowest BCUT2D eigenvalue weighted by Crippen LogP contribution is -2.51. The lowest BCUT2D eigenvalue weighted by Gasteiger charge is -2.36. The van der Waals surface area contributed by atoms with E-state index in [0.29, 0.717) is 6.54 Å². The summed E-state index contributed by atoms with van der Waals surface area (Å²) in [6.07, 6.45) is 2.59. The minimum Gasteiger partial charge on any atom is -0.366 e. The summed E-state index contributed by atoms with van der Waals surface area (Å²) < 4.78 is 27.0. The zero-order valence-electron chi connectivity index (χ0n) is 12.0. The van der Waals surface area contributed by atoms with Gasteiger partial charge in [-0.3, -0.25) is 4.79 Å². The molecule has 4 N–H and O–H groups in total. The molecule has 21 heavy (non-hydrogen) atoms. The van der Waals surface area contributed by atoms with Crippen LogP contribution in [-0.2, 0) is 10.0 Å². The van der Waals surface area contributed by atoms with Gasteiger partial charge >= 0.3 is 0 Å². The van der Waals surface area contributed by atoms with E-state index in [1.165, 1.54) is 28.6 Å². The number of sulfonamides is 1. The molecule has 0 spiro atoms. The second-order valence-corrected chi connectivity index (χ2v) is 7.32. The SMILES string of the molecule is C[C@@H](N)[C@@H]1CCCCN1S(=O)(=O)c1ccc(C(N)=O)cc1. The summed E-state index contributed by atoms with van der Waals surface area (Å²) in [4.78, 5) is 11.2. The average molecular weight is 311 g/mol. The van der Waals surface area contributed by atoms with Gasteiger partial charge in [0, 0.05) is 24.2 Å². The van der Waals surface area contributed by atoms with Crippen LogP contribution in [0.4, 0.5) is 0 Å². The van der Waals surface area contributed by atoms with Crippen molar-refractivity contribution >= 4 is 15.9 Å². The molecule has 0 unspecified atom stereocenters.